The molecule has 2 heterocycles. The Hall–Kier alpha value is -0.610. The van der Waals surface area contributed by atoms with Gasteiger partial charge >= 0.3 is 5.97 Å². The Bertz CT molecular complexity index is 262. The van der Waals surface area contributed by atoms with E-state index in [1.54, 1.807) is 0 Å². The highest BCUT2D eigenvalue weighted by Crippen LogP contribution is 2.32. The first kappa shape index (κ1) is 11.9. The number of rotatable bonds is 3. The van der Waals surface area contributed by atoms with E-state index >= 15 is 0 Å². The molecule has 92 valence electrons. The molecule has 2 aliphatic rings. The highest BCUT2D eigenvalue weighted by Gasteiger charge is 2.50. The Kier molecular flexibility index (Phi) is 3.50. The van der Waals surface area contributed by atoms with E-state index in [4.69, 9.17) is 0 Å². The molecule has 2 fully saturated rings. The number of aliphatic carboxylic acids is 1. The molecule has 0 aliphatic carbocycles. The predicted molar refractivity (Wildman–Crippen MR) is 62.5 cm³/mol. The van der Waals surface area contributed by atoms with E-state index in [2.05, 4.69) is 17.1 Å². The van der Waals surface area contributed by atoms with Crippen molar-refractivity contribution < 1.29 is 9.90 Å². The molecule has 2 N–H and O–H groups in total. The van der Waals surface area contributed by atoms with Gasteiger partial charge in [0.1, 0.15) is 5.54 Å². The Balaban J connectivity index is 2.20. The fourth-order valence-corrected chi connectivity index (χ4v) is 3.30. The van der Waals surface area contributed by atoms with Gasteiger partial charge in [0.2, 0.25) is 0 Å². The van der Waals surface area contributed by atoms with E-state index in [1.165, 1.54) is 6.42 Å². The molecule has 16 heavy (non-hydrogen) atoms. The van der Waals surface area contributed by atoms with Crippen LogP contribution in [-0.4, -0.2) is 47.2 Å². The van der Waals surface area contributed by atoms with E-state index in [0.717, 1.165) is 45.3 Å². The van der Waals surface area contributed by atoms with Gasteiger partial charge in [-0.3, -0.25) is 9.69 Å². The molecule has 0 aromatic heterocycles. The fraction of sp³-hybridized carbons (Fsp3) is 0.917. The van der Waals surface area contributed by atoms with Gasteiger partial charge in [-0.15, -0.1) is 0 Å². The van der Waals surface area contributed by atoms with Gasteiger partial charge in [0.25, 0.3) is 0 Å². The van der Waals surface area contributed by atoms with E-state index in [9.17, 15) is 9.90 Å². The van der Waals surface area contributed by atoms with Crippen molar-refractivity contribution in [2.75, 3.05) is 19.6 Å². The number of hydrogen-bond acceptors (Lipinski definition) is 3. The molecule has 4 nitrogen and oxygen atoms in total. The number of likely N-dealkylation sites (tertiary alicyclic amines) is 1. The number of nitrogens with zero attached hydrogens (tertiary/aromatic N) is 1. The molecule has 2 saturated heterocycles. The van der Waals surface area contributed by atoms with Crippen molar-refractivity contribution in [1.29, 1.82) is 0 Å². The van der Waals surface area contributed by atoms with Crippen molar-refractivity contribution in [3.05, 3.63) is 0 Å². The van der Waals surface area contributed by atoms with Crippen LogP contribution in [0, 0.1) is 0 Å². The highest BCUT2D eigenvalue weighted by atomic mass is 16.4. The van der Waals surface area contributed by atoms with Crippen LogP contribution in [0.4, 0.5) is 0 Å². The first-order valence-electron chi connectivity index (χ1n) is 6.43. The van der Waals surface area contributed by atoms with Gasteiger partial charge in [0.05, 0.1) is 0 Å². The first-order chi connectivity index (χ1) is 7.70. The smallest absolute Gasteiger partial charge is 0.325 e. The molecular weight excluding hydrogens is 204 g/mol. The Morgan fingerprint density at radius 1 is 1.50 bits per heavy atom. The Morgan fingerprint density at radius 2 is 2.31 bits per heavy atom. The molecule has 0 amide bonds. The van der Waals surface area contributed by atoms with Crippen LogP contribution < -0.4 is 5.32 Å². The first-order valence-corrected chi connectivity index (χ1v) is 6.43. The summed E-state index contributed by atoms with van der Waals surface area (Å²) in [6.07, 6.45) is 5.16. The van der Waals surface area contributed by atoms with Gasteiger partial charge < -0.3 is 10.4 Å². The van der Waals surface area contributed by atoms with Gasteiger partial charge in [-0.25, -0.2) is 0 Å². The minimum absolute atomic E-state index is 0.186. The van der Waals surface area contributed by atoms with E-state index in [1.807, 2.05) is 0 Å². The van der Waals surface area contributed by atoms with Crippen LogP contribution >= 0.6 is 0 Å². The Labute approximate surface area is 97.0 Å². The molecule has 2 unspecified atom stereocenters. The van der Waals surface area contributed by atoms with Crippen molar-refractivity contribution in [2.45, 2.75) is 50.6 Å². The minimum atomic E-state index is -0.670. The number of carboxylic acid groups (broad SMARTS) is 1. The quantitative estimate of drug-likeness (QED) is 0.756. The summed E-state index contributed by atoms with van der Waals surface area (Å²) in [5, 5.41) is 12.8. The summed E-state index contributed by atoms with van der Waals surface area (Å²) < 4.78 is 0. The summed E-state index contributed by atoms with van der Waals surface area (Å²) in [7, 11) is 0. The molecular formula is C12H22N2O2. The molecule has 0 radical (unpaired) electrons. The summed E-state index contributed by atoms with van der Waals surface area (Å²) in [5.41, 5.74) is -0.670. The normalized spacial score (nSPS) is 36.4. The zero-order valence-electron chi connectivity index (χ0n) is 10.0. The zero-order chi connectivity index (χ0) is 11.6. The maximum absolute atomic E-state index is 11.6. The topological polar surface area (TPSA) is 52.6 Å². The third kappa shape index (κ3) is 1.84. The lowest BCUT2D eigenvalue weighted by molar-refractivity contribution is -0.148. The van der Waals surface area contributed by atoms with Crippen LogP contribution in [0.2, 0.25) is 0 Å². The SMILES string of the molecule is CCN1CCCCC1C1(C(=O)O)CCCN1. The molecule has 2 rings (SSSR count). The van der Waals surface area contributed by atoms with E-state index in [0.29, 0.717) is 0 Å². The lowest BCUT2D eigenvalue weighted by atomic mass is 9.82. The van der Waals surface area contributed by atoms with Crippen molar-refractivity contribution in [1.82, 2.24) is 10.2 Å². The van der Waals surface area contributed by atoms with Gasteiger partial charge in [-0.05, 0) is 45.3 Å². The molecule has 2 aliphatic heterocycles. The third-order valence-corrected chi connectivity index (χ3v) is 4.16. The van der Waals surface area contributed by atoms with Gasteiger partial charge in [0.15, 0.2) is 0 Å². The largest absolute Gasteiger partial charge is 0.480 e. The zero-order valence-corrected chi connectivity index (χ0v) is 10.0. The maximum atomic E-state index is 11.6. The predicted octanol–water partition coefficient (Wildman–Crippen LogP) is 1.07. The summed E-state index contributed by atoms with van der Waals surface area (Å²) in [4.78, 5) is 13.9. The molecule has 2 atom stereocenters. The third-order valence-electron chi connectivity index (χ3n) is 4.16. The molecule has 0 aromatic carbocycles. The van der Waals surface area contributed by atoms with Crippen molar-refractivity contribution >= 4 is 5.97 Å². The van der Waals surface area contributed by atoms with Crippen LogP contribution in [0.25, 0.3) is 0 Å². The van der Waals surface area contributed by atoms with E-state index in [-0.39, 0.29) is 6.04 Å². The van der Waals surface area contributed by atoms with Crippen molar-refractivity contribution in [3.63, 3.8) is 0 Å². The maximum Gasteiger partial charge on any atom is 0.325 e. The average molecular weight is 226 g/mol. The van der Waals surface area contributed by atoms with Crippen molar-refractivity contribution in [3.8, 4) is 0 Å². The highest BCUT2D eigenvalue weighted by molar-refractivity contribution is 5.80. The average Bonchev–Trinajstić information content (AvgIpc) is 2.79. The number of carbonyl (C=O) groups is 1. The number of piperidine rings is 1. The van der Waals surface area contributed by atoms with Crippen LogP contribution in [0.15, 0.2) is 0 Å². The Morgan fingerprint density at radius 3 is 2.88 bits per heavy atom. The summed E-state index contributed by atoms with van der Waals surface area (Å²) in [6.45, 7) is 4.99. The molecule has 0 spiro atoms. The monoisotopic (exact) mass is 226 g/mol. The minimum Gasteiger partial charge on any atom is -0.480 e. The van der Waals surface area contributed by atoms with Gasteiger partial charge in [-0.1, -0.05) is 13.3 Å². The lowest BCUT2D eigenvalue weighted by Gasteiger charge is -2.44. The lowest BCUT2D eigenvalue weighted by Crippen LogP contribution is -2.63. The second-order valence-corrected chi connectivity index (χ2v) is 4.95. The number of nitrogens with one attached hydrogen (secondary N) is 1. The summed E-state index contributed by atoms with van der Waals surface area (Å²) >= 11 is 0. The second kappa shape index (κ2) is 4.72. The fourth-order valence-electron chi connectivity index (χ4n) is 3.30. The van der Waals surface area contributed by atoms with Gasteiger partial charge in [0, 0.05) is 6.04 Å². The van der Waals surface area contributed by atoms with Crippen LogP contribution in [0.1, 0.15) is 39.0 Å². The van der Waals surface area contributed by atoms with Crippen LogP contribution in [-0.2, 0) is 4.79 Å². The number of likely N-dealkylation sites (N-methyl/N-ethyl adjacent to an activating group) is 1. The molecule has 0 aromatic rings. The molecule has 4 heteroatoms. The van der Waals surface area contributed by atoms with E-state index < -0.39 is 11.5 Å². The molecule has 0 saturated carbocycles. The number of hydrogen-bond donors (Lipinski definition) is 2. The van der Waals surface area contributed by atoms with Crippen LogP contribution in [0.3, 0.4) is 0 Å². The summed E-state index contributed by atoms with van der Waals surface area (Å²) in [6, 6.07) is 0.186. The second-order valence-electron chi connectivity index (χ2n) is 4.95. The standard InChI is InChI=1S/C12H22N2O2/c1-2-14-9-4-3-6-10(14)12(11(15)16)7-5-8-13-12/h10,13H,2-9H2,1H3,(H,15,16). The summed E-state index contributed by atoms with van der Waals surface area (Å²) in [5.74, 6) is -0.657. The number of carboxylic acids is 1. The molecule has 0 bridgehead atoms. The van der Waals surface area contributed by atoms with Crippen molar-refractivity contribution in [2.24, 2.45) is 0 Å². The van der Waals surface area contributed by atoms with Crippen LogP contribution in [0.5, 0.6) is 0 Å². The van der Waals surface area contributed by atoms with Gasteiger partial charge in [-0.2, -0.15) is 0 Å².